The molecule has 3 nitrogen and oxygen atoms in total. The van der Waals surface area contributed by atoms with Crippen molar-refractivity contribution in [1.29, 1.82) is 0 Å². The van der Waals surface area contributed by atoms with Crippen molar-refractivity contribution in [2.24, 2.45) is 0 Å². The number of anilines is 1. The summed E-state index contributed by atoms with van der Waals surface area (Å²) >= 11 is 3.36. The van der Waals surface area contributed by atoms with Crippen LogP contribution in [0.1, 0.15) is 29.5 Å². The van der Waals surface area contributed by atoms with Gasteiger partial charge in [-0.25, -0.2) is 0 Å². The van der Waals surface area contributed by atoms with Crippen LogP contribution in [0.2, 0.25) is 0 Å². The molecule has 1 unspecified atom stereocenters. The molecule has 1 aromatic carbocycles. The average molecular weight is 319 g/mol. The quantitative estimate of drug-likeness (QED) is 0.916. The molecule has 0 aliphatic carbocycles. The van der Waals surface area contributed by atoms with E-state index in [2.05, 4.69) is 17.4 Å². The largest absolute Gasteiger partial charge is 0.491 e. The Kier molecular flexibility index (Phi) is 4.22. The number of fused-ring (bicyclic) bond motifs is 1. The van der Waals surface area contributed by atoms with Gasteiger partial charge in [-0.1, -0.05) is 12.1 Å². The van der Waals surface area contributed by atoms with Crippen molar-refractivity contribution in [1.82, 2.24) is 0 Å². The number of nitrogens with one attached hydrogen (secondary N) is 1. The van der Waals surface area contributed by atoms with Gasteiger partial charge in [0, 0.05) is 4.88 Å². The van der Waals surface area contributed by atoms with Crippen molar-refractivity contribution in [3.8, 4) is 5.75 Å². The summed E-state index contributed by atoms with van der Waals surface area (Å²) in [6.45, 7) is 4.04. The van der Waals surface area contributed by atoms with Gasteiger partial charge in [0.15, 0.2) is 0 Å². The van der Waals surface area contributed by atoms with Gasteiger partial charge in [-0.3, -0.25) is 4.79 Å². The van der Waals surface area contributed by atoms with Crippen LogP contribution < -0.4 is 10.1 Å². The second kappa shape index (κ2) is 6.12. The van der Waals surface area contributed by atoms with Crippen molar-refractivity contribution in [2.75, 3.05) is 11.1 Å². The lowest BCUT2D eigenvalue weighted by molar-refractivity contribution is -0.113. The molecule has 0 fully saturated rings. The molecular weight excluding hydrogens is 302 g/mol. The third-order valence-electron chi connectivity index (χ3n) is 3.14. The molecule has 0 saturated carbocycles. The SMILES string of the molecule is CC(C)Oc1ccc(C2SCC(=O)Nc3ccsc32)cc1. The lowest BCUT2D eigenvalue weighted by atomic mass is 10.1. The molecule has 0 bridgehead atoms. The number of thioether (sulfide) groups is 1. The summed E-state index contributed by atoms with van der Waals surface area (Å²) in [5.41, 5.74) is 2.15. The first-order valence-corrected chi connectivity index (χ1v) is 8.82. The van der Waals surface area contributed by atoms with Crippen LogP contribution in [0.3, 0.4) is 0 Å². The number of rotatable bonds is 3. The maximum atomic E-state index is 11.7. The Balaban J connectivity index is 1.88. The monoisotopic (exact) mass is 319 g/mol. The molecule has 1 aliphatic heterocycles. The number of carbonyl (C=O) groups excluding carboxylic acids is 1. The maximum absolute atomic E-state index is 11.7. The number of hydrogen-bond acceptors (Lipinski definition) is 4. The van der Waals surface area contributed by atoms with Crippen LogP contribution in [0.25, 0.3) is 0 Å². The minimum Gasteiger partial charge on any atom is -0.491 e. The molecule has 1 aromatic heterocycles. The van der Waals surface area contributed by atoms with Crippen LogP contribution in [-0.4, -0.2) is 17.8 Å². The molecule has 1 aliphatic rings. The predicted molar refractivity (Wildman–Crippen MR) is 89.5 cm³/mol. The van der Waals surface area contributed by atoms with Crippen LogP contribution in [0.15, 0.2) is 35.7 Å². The number of amides is 1. The normalized spacial score (nSPS) is 18.0. The fourth-order valence-corrected chi connectivity index (χ4v) is 4.53. The molecule has 110 valence electrons. The topological polar surface area (TPSA) is 38.3 Å². The standard InChI is InChI=1S/C16H17NO2S2/c1-10(2)19-12-5-3-11(4-6-12)15-16-13(7-8-20-16)17-14(18)9-21-15/h3-8,10,15H,9H2,1-2H3,(H,17,18). The third kappa shape index (κ3) is 3.24. The summed E-state index contributed by atoms with van der Waals surface area (Å²) in [7, 11) is 0. The van der Waals surface area contributed by atoms with E-state index in [9.17, 15) is 4.79 Å². The van der Waals surface area contributed by atoms with Crippen LogP contribution >= 0.6 is 23.1 Å². The van der Waals surface area contributed by atoms with Crippen molar-refractivity contribution in [2.45, 2.75) is 25.2 Å². The van der Waals surface area contributed by atoms with Gasteiger partial charge in [0.2, 0.25) is 5.91 Å². The Bertz CT molecular complexity index is 634. The first kappa shape index (κ1) is 14.5. The minimum atomic E-state index is 0.0712. The Morgan fingerprint density at radius 2 is 2.00 bits per heavy atom. The van der Waals surface area contributed by atoms with Crippen LogP contribution in [0.4, 0.5) is 5.69 Å². The Morgan fingerprint density at radius 1 is 1.24 bits per heavy atom. The number of ether oxygens (including phenoxy) is 1. The van der Waals surface area contributed by atoms with Gasteiger partial charge in [-0.2, -0.15) is 0 Å². The summed E-state index contributed by atoms with van der Waals surface area (Å²) in [6, 6.07) is 10.2. The second-order valence-corrected chi connectivity index (χ2v) is 7.21. The molecule has 1 N–H and O–H groups in total. The molecule has 21 heavy (non-hydrogen) atoms. The van der Waals surface area contributed by atoms with E-state index in [0.29, 0.717) is 5.75 Å². The van der Waals surface area contributed by atoms with E-state index >= 15 is 0 Å². The highest BCUT2D eigenvalue weighted by molar-refractivity contribution is 8.00. The van der Waals surface area contributed by atoms with Gasteiger partial charge >= 0.3 is 0 Å². The van der Waals surface area contributed by atoms with Crippen molar-refractivity contribution in [3.05, 3.63) is 46.2 Å². The zero-order chi connectivity index (χ0) is 14.8. The van der Waals surface area contributed by atoms with Crippen LogP contribution in [0, 0.1) is 0 Å². The van der Waals surface area contributed by atoms with E-state index in [4.69, 9.17) is 4.74 Å². The first-order chi connectivity index (χ1) is 10.1. The minimum absolute atomic E-state index is 0.0712. The number of benzene rings is 1. The smallest absolute Gasteiger partial charge is 0.234 e. The molecule has 0 spiro atoms. The van der Waals surface area contributed by atoms with Gasteiger partial charge in [-0.05, 0) is 43.0 Å². The van der Waals surface area contributed by atoms with Gasteiger partial charge in [0.05, 0.1) is 22.8 Å². The summed E-state index contributed by atoms with van der Waals surface area (Å²) in [4.78, 5) is 13.0. The van der Waals surface area contributed by atoms with E-state index in [0.717, 1.165) is 11.4 Å². The zero-order valence-corrected chi connectivity index (χ0v) is 13.6. The third-order valence-corrected chi connectivity index (χ3v) is 5.54. The summed E-state index contributed by atoms with van der Waals surface area (Å²) < 4.78 is 5.68. The fraction of sp³-hybridized carbons (Fsp3) is 0.312. The van der Waals surface area contributed by atoms with E-state index in [1.54, 1.807) is 23.1 Å². The van der Waals surface area contributed by atoms with Crippen LogP contribution in [0.5, 0.6) is 5.75 Å². The zero-order valence-electron chi connectivity index (χ0n) is 12.0. The molecule has 2 heterocycles. The summed E-state index contributed by atoms with van der Waals surface area (Å²) in [5, 5.41) is 5.19. The number of carbonyl (C=O) groups is 1. The molecule has 0 saturated heterocycles. The second-order valence-electron chi connectivity index (χ2n) is 5.17. The first-order valence-electron chi connectivity index (χ1n) is 6.89. The molecule has 1 atom stereocenters. The molecule has 2 aromatic rings. The van der Waals surface area contributed by atoms with Crippen LogP contribution in [-0.2, 0) is 4.79 Å². The van der Waals surface area contributed by atoms with E-state index in [1.165, 1.54) is 10.4 Å². The Labute approximate surface area is 132 Å². The highest BCUT2D eigenvalue weighted by Gasteiger charge is 2.25. The lowest BCUT2D eigenvalue weighted by Crippen LogP contribution is -2.11. The summed E-state index contributed by atoms with van der Waals surface area (Å²) in [5.74, 6) is 1.44. The highest BCUT2D eigenvalue weighted by Crippen LogP contribution is 2.44. The van der Waals surface area contributed by atoms with Crippen molar-refractivity contribution >= 4 is 34.7 Å². The van der Waals surface area contributed by atoms with E-state index in [1.807, 2.05) is 37.4 Å². The lowest BCUT2D eigenvalue weighted by Gasteiger charge is -2.15. The predicted octanol–water partition coefficient (Wildman–Crippen LogP) is 4.31. The van der Waals surface area contributed by atoms with Crippen molar-refractivity contribution in [3.63, 3.8) is 0 Å². The van der Waals surface area contributed by atoms with Gasteiger partial charge in [0.25, 0.3) is 0 Å². The van der Waals surface area contributed by atoms with E-state index in [-0.39, 0.29) is 17.3 Å². The Morgan fingerprint density at radius 3 is 2.71 bits per heavy atom. The van der Waals surface area contributed by atoms with E-state index < -0.39 is 0 Å². The van der Waals surface area contributed by atoms with Gasteiger partial charge < -0.3 is 10.1 Å². The molecule has 3 rings (SSSR count). The summed E-state index contributed by atoms with van der Waals surface area (Å²) in [6.07, 6.45) is 0.175. The fourth-order valence-electron chi connectivity index (χ4n) is 2.29. The molecule has 5 heteroatoms. The molecule has 0 radical (unpaired) electrons. The highest BCUT2D eigenvalue weighted by atomic mass is 32.2. The average Bonchev–Trinajstić information content (AvgIpc) is 2.82. The molecule has 1 amide bonds. The number of thiophene rings is 1. The molecular formula is C16H17NO2S2. The van der Waals surface area contributed by atoms with Gasteiger partial charge in [0.1, 0.15) is 5.75 Å². The van der Waals surface area contributed by atoms with Crippen molar-refractivity contribution < 1.29 is 9.53 Å². The Hall–Kier alpha value is -1.46. The van der Waals surface area contributed by atoms with Gasteiger partial charge in [-0.15, -0.1) is 23.1 Å². The maximum Gasteiger partial charge on any atom is 0.234 e. The number of hydrogen-bond donors (Lipinski definition) is 1.